The molecule has 0 aliphatic carbocycles. The maximum Gasteiger partial charge on any atom is 0.323 e. The van der Waals surface area contributed by atoms with Crippen LogP contribution in [0.15, 0.2) is 42.5 Å². The number of urea groups is 1. The molecule has 2 aromatic rings. The molecule has 2 aromatic carbocycles. The Bertz CT molecular complexity index is 591. The molecule has 4 heteroatoms. The van der Waals surface area contributed by atoms with Crippen molar-refractivity contribution in [2.45, 2.75) is 13.8 Å². The number of aryl methyl sites for hydroxylation is 2. The van der Waals surface area contributed by atoms with Crippen LogP contribution in [0.25, 0.3) is 0 Å². The van der Waals surface area contributed by atoms with Gasteiger partial charge in [-0.1, -0.05) is 23.8 Å². The van der Waals surface area contributed by atoms with E-state index in [1.165, 1.54) is 0 Å². The highest BCUT2D eigenvalue weighted by Crippen LogP contribution is 2.18. The monoisotopic (exact) mass is 255 g/mol. The second-order valence-corrected chi connectivity index (χ2v) is 4.52. The Kier molecular flexibility index (Phi) is 3.71. The molecule has 19 heavy (non-hydrogen) atoms. The minimum atomic E-state index is -0.280. The van der Waals surface area contributed by atoms with Gasteiger partial charge in [-0.05, 0) is 43.7 Å². The highest BCUT2D eigenvalue weighted by Gasteiger charge is 2.05. The first-order valence-corrected chi connectivity index (χ1v) is 6.05. The van der Waals surface area contributed by atoms with Crippen LogP contribution < -0.4 is 16.4 Å². The van der Waals surface area contributed by atoms with E-state index in [9.17, 15) is 4.79 Å². The number of nitrogens with one attached hydrogen (secondary N) is 2. The Hall–Kier alpha value is -2.49. The summed E-state index contributed by atoms with van der Waals surface area (Å²) in [7, 11) is 0. The number of carbonyl (C=O) groups excluding carboxylic acids is 1. The molecule has 4 N–H and O–H groups in total. The molecule has 98 valence electrons. The van der Waals surface area contributed by atoms with Crippen molar-refractivity contribution in [1.82, 2.24) is 0 Å². The van der Waals surface area contributed by atoms with Crippen LogP contribution in [0, 0.1) is 13.8 Å². The van der Waals surface area contributed by atoms with Gasteiger partial charge in [-0.3, -0.25) is 0 Å². The fraction of sp³-hybridized carbons (Fsp3) is 0.133. The summed E-state index contributed by atoms with van der Waals surface area (Å²) in [5, 5.41) is 5.56. The highest BCUT2D eigenvalue weighted by atomic mass is 16.2. The first-order valence-electron chi connectivity index (χ1n) is 6.05. The summed E-state index contributed by atoms with van der Waals surface area (Å²) in [6, 6.07) is 12.8. The number of anilines is 3. The molecule has 0 saturated heterocycles. The number of nitrogens with two attached hydrogens (primary N) is 1. The third-order valence-corrected chi connectivity index (χ3v) is 2.82. The Labute approximate surface area is 112 Å². The molecule has 0 radical (unpaired) electrons. The second-order valence-electron chi connectivity index (χ2n) is 4.52. The van der Waals surface area contributed by atoms with Gasteiger partial charge in [0.15, 0.2) is 0 Å². The van der Waals surface area contributed by atoms with E-state index in [1.54, 1.807) is 12.1 Å². The Balaban J connectivity index is 2.05. The van der Waals surface area contributed by atoms with Crippen molar-refractivity contribution in [3.63, 3.8) is 0 Å². The standard InChI is InChI=1S/C15H17N3O/c1-10-3-7-13(8-4-10)17-15(19)18-14-9-12(16)6-5-11(14)2/h3-9H,16H2,1-2H3,(H2,17,18,19). The molecule has 0 atom stereocenters. The van der Waals surface area contributed by atoms with E-state index >= 15 is 0 Å². The fourth-order valence-electron chi connectivity index (χ4n) is 1.70. The number of hydrogen-bond acceptors (Lipinski definition) is 2. The zero-order valence-electron chi connectivity index (χ0n) is 11.0. The van der Waals surface area contributed by atoms with Gasteiger partial charge in [0, 0.05) is 17.1 Å². The zero-order chi connectivity index (χ0) is 13.8. The summed E-state index contributed by atoms with van der Waals surface area (Å²) >= 11 is 0. The highest BCUT2D eigenvalue weighted by molar-refractivity contribution is 6.00. The van der Waals surface area contributed by atoms with Crippen LogP contribution in [0.3, 0.4) is 0 Å². The summed E-state index contributed by atoms with van der Waals surface area (Å²) < 4.78 is 0. The molecule has 2 rings (SSSR count). The van der Waals surface area contributed by atoms with Crippen molar-refractivity contribution in [3.8, 4) is 0 Å². The van der Waals surface area contributed by atoms with Crippen molar-refractivity contribution in [2.75, 3.05) is 16.4 Å². The predicted molar refractivity (Wildman–Crippen MR) is 79.4 cm³/mol. The van der Waals surface area contributed by atoms with E-state index in [-0.39, 0.29) is 6.03 Å². The van der Waals surface area contributed by atoms with E-state index in [0.29, 0.717) is 11.4 Å². The van der Waals surface area contributed by atoms with Gasteiger partial charge in [-0.15, -0.1) is 0 Å². The molecule has 0 heterocycles. The molecule has 0 bridgehead atoms. The molecule has 4 nitrogen and oxygen atoms in total. The van der Waals surface area contributed by atoms with Crippen molar-refractivity contribution >= 4 is 23.1 Å². The summed E-state index contributed by atoms with van der Waals surface area (Å²) in [6.45, 7) is 3.92. The summed E-state index contributed by atoms with van der Waals surface area (Å²) in [4.78, 5) is 11.9. The average molecular weight is 255 g/mol. The molecule has 0 aliphatic heterocycles. The zero-order valence-corrected chi connectivity index (χ0v) is 11.0. The Morgan fingerprint density at radius 2 is 1.68 bits per heavy atom. The van der Waals surface area contributed by atoms with Crippen LogP contribution in [0.2, 0.25) is 0 Å². The van der Waals surface area contributed by atoms with Gasteiger partial charge in [0.25, 0.3) is 0 Å². The summed E-state index contributed by atoms with van der Waals surface area (Å²) in [5.41, 5.74) is 9.91. The van der Waals surface area contributed by atoms with Crippen LogP contribution in [-0.4, -0.2) is 6.03 Å². The first kappa shape index (κ1) is 13.0. The van der Waals surface area contributed by atoms with Gasteiger partial charge in [0.2, 0.25) is 0 Å². The first-order chi connectivity index (χ1) is 9.04. The SMILES string of the molecule is Cc1ccc(NC(=O)Nc2cc(N)ccc2C)cc1. The van der Waals surface area contributed by atoms with Crippen molar-refractivity contribution in [2.24, 2.45) is 0 Å². The quantitative estimate of drug-likeness (QED) is 0.719. The summed E-state index contributed by atoms with van der Waals surface area (Å²) in [6.07, 6.45) is 0. The van der Waals surface area contributed by atoms with Gasteiger partial charge < -0.3 is 16.4 Å². The van der Waals surface area contributed by atoms with Gasteiger partial charge in [0.1, 0.15) is 0 Å². The van der Waals surface area contributed by atoms with Crippen LogP contribution in [0.1, 0.15) is 11.1 Å². The van der Waals surface area contributed by atoms with E-state index < -0.39 is 0 Å². The fourth-order valence-corrected chi connectivity index (χ4v) is 1.70. The van der Waals surface area contributed by atoms with Crippen molar-refractivity contribution in [3.05, 3.63) is 53.6 Å². The van der Waals surface area contributed by atoms with Gasteiger partial charge >= 0.3 is 6.03 Å². The molecular weight excluding hydrogens is 238 g/mol. The lowest BCUT2D eigenvalue weighted by Gasteiger charge is -2.10. The van der Waals surface area contributed by atoms with E-state index in [1.807, 2.05) is 44.2 Å². The average Bonchev–Trinajstić information content (AvgIpc) is 2.37. The van der Waals surface area contributed by atoms with Crippen LogP contribution in [0.4, 0.5) is 21.9 Å². The number of nitrogen functional groups attached to an aromatic ring is 1. The van der Waals surface area contributed by atoms with E-state index in [0.717, 1.165) is 16.8 Å². The molecule has 0 spiro atoms. The number of benzene rings is 2. The van der Waals surface area contributed by atoms with Gasteiger partial charge in [-0.2, -0.15) is 0 Å². The maximum atomic E-state index is 11.9. The lowest BCUT2D eigenvalue weighted by molar-refractivity contribution is 0.262. The van der Waals surface area contributed by atoms with Crippen LogP contribution >= 0.6 is 0 Å². The molecule has 0 fully saturated rings. The third-order valence-electron chi connectivity index (χ3n) is 2.82. The predicted octanol–water partition coefficient (Wildman–Crippen LogP) is 3.53. The molecule has 0 saturated carbocycles. The Morgan fingerprint density at radius 3 is 2.37 bits per heavy atom. The molecule has 0 aliphatic rings. The minimum Gasteiger partial charge on any atom is -0.399 e. The lowest BCUT2D eigenvalue weighted by Crippen LogP contribution is -2.20. The molecular formula is C15H17N3O. The lowest BCUT2D eigenvalue weighted by atomic mass is 10.2. The number of amides is 2. The minimum absolute atomic E-state index is 0.280. The number of hydrogen-bond donors (Lipinski definition) is 3. The van der Waals surface area contributed by atoms with E-state index in [4.69, 9.17) is 5.73 Å². The van der Waals surface area contributed by atoms with Crippen molar-refractivity contribution < 1.29 is 4.79 Å². The Morgan fingerprint density at radius 1 is 1.00 bits per heavy atom. The van der Waals surface area contributed by atoms with Gasteiger partial charge in [0.05, 0.1) is 0 Å². The normalized spacial score (nSPS) is 10.0. The smallest absolute Gasteiger partial charge is 0.323 e. The molecule has 0 aromatic heterocycles. The van der Waals surface area contributed by atoms with E-state index in [2.05, 4.69) is 10.6 Å². The number of rotatable bonds is 2. The third kappa shape index (κ3) is 3.48. The van der Waals surface area contributed by atoms with Crippen LogP contribution in [0.5, 0.6) is 0 Å². The molecule has 0 unspecified atom stereocenters. The summed E-state index contributed by atoms with van der Waals surface area (Å²) in [5.74, 6) is 0. The topological polar surface area (TPSA) is 67.2 Å². The number of carbonyl (C=O) groups is 1. The van der Waals surface area contributed by atoms with Gasteiger partial charge in [-0.25, -0.2) is 4.79 Å². The largest absolute Gasteiger partial charge is 0.399 e. The second kappa shape index (κ2) is 5.44. The molecule has 2 amide bonds. The maximum absolute atomic E-state index is 11.9. The van der Waals surface area contributed by atoms with Crippen LogP contribution in [-0.2, 0) is 0 Å². The van der Waals surface area contributed by atoms with Crippen molar-refractivity contribution in [1.29, 1.82) is 0 Å².